The van der Waals surface area contributed by atoms with Gasteiger partial charge in [0, 0.05) is 16.5 Å². The lowest BCUT2D eigenvalue weighted by atomic mass is 10.0. The van der Waals surface area contributed by atoms with Crippen molar-refractivity contribution < 1.29 is 18.7 Å². The van der Waals surface area contributed by atoms with Crippen molar-refractivity contribution in [2.75, 3.05) is 6.61 Å². The van der Waals surface area contributed by atoms with E-state index >= 15 is 0 Å². The Hall–Kier alpha value is -2.30. The molecule has 0 radical (unpaired) electrons. The normalized spacial score (nSPS) is 14.4. The van der Waals surface area contributed by atoms with Gasteiger partial charge in [0.15, 0.2) is 6.10 Å². The van der Waals surface area contributed by atoms with Crippen molar-refractivity contribution in [2.24, 2.45) is 0 Å². The van der Waals surface area contributed by atoms with Crippen LogP contribution in [0.5, 0.6) is 5.75 Å². The largest absolute Gasteiger partial charge is 0.478 e. The third kappa shape index (κ3) is 3.28. The molecule has 0 aliphatic heterocycles. The standard InChI is InChI=1S/C20H24O5/c1-4-11-23-20(22)16(5-2)24-17-10-9-14-13-7-6-8-15(13)19(21)25-18(14)12(17)3/h9-10,16H,4-8,11H2,1-3H3/t16-/m0/s1. The Morgan fingerprint density at radius 1 is 1.24 bits per heavy atom. The first kappa shape index (κ1) is 17.5. The van der Waals surface area contributed by atoms with E-state index in [2.05, 4.69) is 0 Å². The minimum atomic E-state index is -0.663. The van der Waals surface area contributed by atoms with Crippen LogP contribution in [0.1, 0.15) is 49.8 Å². The molecule has 0 unspecified atom stereocenters. The van der Waals surface area contributed by atoms with Crippen molar-refractivity contribution in [1.82, 2.24) is 0 Å². The van der Waals surface area contributed by atoms with Crippen LogP contribution in [-0.2, 0) is 22.4 Å². The maximum absolute atomic E-state index is 12.2. The third-order valence-electron chi connectivity index (χ3n) is 4.69. The lowest BCUT2D eigenvalue weighted by Gasteiger charge is -2.18. The predicted molar refractivity (Wildman–Crippen MR) is 95.2 cm³/mol. The Morgan fingerprint density at radius 3 is 2.72 bits per heavy atom. The molecule has 0 spiro atoms. The second-order valence-corrected chi connectivity index (χ2v) is 6.45. The van der Waals surface area contributed by atoms with Crippen molar-refractivity contribution in [3.8, 4) is 5.75 Å². The first-order chi connectivity index (χ1) is 12.1. The molecule has 2 aromatic rings. The van der Waals surface area contributed by atoms with Gasteiger partial charge in [0.05, 0.1) is 6.61 Å². The van der Waals surface area contributed by atoms with Crippen LogP contribution in [0.2, 0.25) is 0 Å². The summed E-state index contributed by atoms with van der Waals surface area (Å²) in [5.41, 5.74) is 2.94. The van der Waals surface area contributed by atoms with E-state index in [-0.39, 0.29) is 11.6 Å². The molecule has 0 saturated carbocycles. The first-order valence-corrected chi connectivity index (χ1v) is 8.98. The molecule has 0 bridgehead atoms. The van der Waals surface area contributed by atoms with E-state index in [4.69, 9.17) is 13.9 Å². The van der Waals surface area contributed by atoms with Gasteiger partial charge in [-0.3, -0.25) is 0 Å². The Morgan fingerprint density at radius 2 is 2.00 bits per heavy atom. The summed E-state index contributed by atoms with van der Waals surface area (Å²) in [6.45, 7) is 6.06. The Kier molecular flexibility index (Phi) is 5.11. The molecule has 5 nitrogen and oxygen atoms in total. The number of carbonyl (C=O) groups excluding carboxylic acids is 1. The van der Waals surface area contributed by atoms with Crippen LogP contribution in [0.15, 0.2) is 21.3 Å². The number of ether oxygens (including phenoxy) is 2. The molecule has 1 aliphatic carbocycles. The van der Waals surface area contributed by atoms with Gasteiger partial charge in [-0.2, -0.15) is 0 Å². The fourth-order valence-electron chi connectivity index (χ4n) is 3.34. The number of fused-ring (bicyclic) bond motifs is 3. The highest BCUT2D eigenvalue weighted by molar-refractivity contribution is 5.86. The number of rotatable bonds is 6. The number of hydrogen-bond donors (Lipinski definition) is 0. The number of aryl methyl sites for hydroxylation is 2. The number of benzene rings is 1. The summed E-state index contributed by atoms with van der Waals surface area (Å²) in [5, 5.41) is 0.971. The molecule has 0 saturated heterocycles. The molecule has 0 fully saturated rings. The van der Waals surface area contributed by atoms with E-state index in [1.54, 1.807) is 0 Å². The van der Waals surface area contributed by atoms with Crippen LogP contribution in [0.25, 0.3) is 11.0 Å². The van der Waals surface area contributed by atoms with Crippen LogP contribution in [0, 0.1) is 6.92 Å². The molecular formula is C20H24O5. The smallest absolute Gasteiger partial charge is 0.347 e. The molecule has 1 aromatic heterocycles. The SMILES string of the molecule is CCCOC(=O)[C@H](CC)Oc1ccc2c3c(c(=O)oc2c1C)CCC3. The summed E-state index contributed by atoms with van der Waals surface area (Å²) in [6, 6.07) is 3.78. The zero-order valence-electron chi connectivity index (χ0n) is 15.0. The van der Waals surface area contributed by atoms with Gasteiger partial charge in [-0.1, -0.05) is 13.8 Å². The van der Waals surface area contributed by atoms with Gasteiger partial charge in [-0.25, -0.2) is 9.59 Å². The van der Waals surface area contributed by atoms with Gasteiger partial charge in [0.1, 0.15) is 11.3 Å². The summed E-state index contributed by atoms with van der Waals surface area (Å²) >= 11 is 0. The van der Waals surface area contributed by atoms with Crippen LogP contribution >= 0.6 is 0 Å². The fraction of sp³-hybridized carbons (Fsp3) is 0.500. The van der Waals surface area contributed by atoms with E-state index in [0.29, 0.717) is 24.4 Å². The van der Waals surface area contributed by atoms with E-state index < -0.39 is 6.10 Å². The second-order valence-electron chi connectivity index (χ2n) is 6.45. The van der Waals surface area contributed by atoms with Gasteiger partial charge in [0.25, 0.3) is 0 Å². The number of esters is 1. The fourth-order valence-corrected chi connectivity index (χ4v) is 3.34. The third-order valence-corrected chi connectivity index (χ3v) is 4.69. The van der Waals surface area contributed by atoms with Crippen molar-refractivity contribution in [3.05, 3.63) is 39.2 Å². The minimum Gasteiger partial charge on any atom is -0.478 e. The van der Waals surface area contributed by atoms with Crippen LogP contribution in [0.3, 0.4) is 0 Å². The van der Waals surface area contributed by atoms with Gasteiger partial charge in [-0.15, -0.1) is 0 Å². The molecule has 1 aliphatic rings. The molecule has 1 heterocycles. The summed E-state index contributed by atoms with van der Waals surface area (Å²) in [6.07, 6.45) is 3.28. The van der Waals surface area contributed by atoms with E-state index in [1.165, 1.54) is 0 Å². The van der Waals surface area contributed by atoms with Crippen molar-refractivity contribution in [2.45, 2.75) is 59.0 Å². The molecule has 1 aromatic carbocycles. The monoisotopic (exact) mass is 344 g/mol. The molecule has 0 N–H and O–H groups in total. The topological polar surface area (TPSA) is 65.7 Å². The molecule has 134 valence electrons. The maximum atomic E-state index is 12.2. The van der Waals surface area contributed by atoms with Gasteiger partial charge < -0.3 is 13.9 Å². The van der Waals surface area contributed by atoms with Crippen LogP contribution in [0.4, 0.5) is 0 Å². The quantitative estimate of drug-likeness (QED) is 0.590. The van der Waals surface area contributed by atoms with E-state index in [0.717, 1.165) is 47.8 Å². The van der Waals surface area contributed by atoms with E-state index in [9.17, 15) is 9.59 Å². The predicted octanol–water partition coefficient (Wildman–Crippen LogP) is 3.70. The lowest BCUT2D eigenvalue weighted by Crippen LogP contribution is -2.29. The van der Waals surface area contributed by atoms with Gasteiger partial charge in [-0.05, 0) is 56.7 Å². The molecule has 1 atom stereocenters. The highest BCUT2D eigenvalue weighted by Gasteiger charge is 2.24. The molecule has 3 rings (SSSR count). The van der Waals surface area contributed by atoms with Crippen molar-refractivity contribution in [1.29, 1.82) is 0 Å². The zero-order chi connectivity index (χ0) is 18.0. The maximum Gasteiger partial charge on any atom is 0.347 e. The van der Waals surface area contributed by atoms with Crippen LogP contribution in [-0.4, -0.2) is 18.7 Å². The Labute approximate surface area is 146 Å². The summed E-state index contributed by atoms with van der Waals surface area (Å²) in [7, 11) is 0. The zero-order valence-corrected chi connectivity index (χ0v) is 15.0. The van der Waals surface area contributed by atoms with Crippen molar-refractivity contribution >= 4 is 16.9 Å². The highest BCUT2D eigenvalue weighted by atomic mass is 16.6. The molecule has 25 heavy (non-hydrogen) atoms. The number of carbonyl (C=O) groups is 1. The Balaban J connectivity index is 1.95. The Bertz CT molecular complexity index is 849. The van der Waals surface area contributed by atoms with Crippen LogP contribution < -0.4 is 10.4 Å². The second kappa shape index (κ2) is 7.30. The average molecular weight is 344 g/mol. The summed E-state index contributed by atoms with van der Waals surface area (Å²) < 4.78 is 16.6. The van der Waals surface area contributed by atoms with Gasteiger partial charge in [0.2, 0.25) is 0 Å². The summed E-state index contributed by atoms with van der Waals surface area (Å²) in [4.78, 5) is 24.3. The highest BCUT2D eigenvalue weighted by Crippen LogP contribution is 2.33. The van der Waals surface area contributed by atoms with E-state index in [1.807, 2.05) is 32.9 Å². The van der Waals surface area contributed by atoms with Crippen molar-refractivity contribution in [3.63, 3.8) is 0 Å². The first-order valence-electron chi connectivity index (χ1n) is 8.98. The lowest BCUT2D eigenvalue weighted by molar-refractivity contribution is -0.152. The molecule has 5 heteroatoms. The number of hydrogen-bond acceptors (Lipinski definition) is 5. The minimum absolute atomic E-state index is 0.255. The molecule has 0 amide bonds. The average Bonchev–Trinajstić information content (AvgIpc) is 3.10. The van der Waals surface area contributed by atoms with Gasteiger partial charge >= 0.3 is 11.6 Å². The summed E-state index contributed by atoms with van der Waals surface area (Å²) in [5.74, 6) is 0.188. The molecular weight excluding hydrogens is 320 g/mol.